The summed E-state index contributed by atoms with van der Waals surface area (Å²) < 4.78 is 16.2. The van der Waals surface area contributed by atoms with Gasteiger partial charge in [-0.1, -0.05) is 36.4 Å². The summed E-state index contributed by atoms with van der Waals surface area (Å²) in [5.74, 6) is 0.425. The van der Waals surface area contributed by atoms with Crippen LogP contribution in [0.3, 0.4) is 0 Å². The van der Waals surface area contributed by atoms with E-state index in [1.165, 1.54) is 7.11 Å². The van der Waals surface area contributed by atoms with Gasteiger partial charge >= 0.3 is 5.97 Å². The van der Waals surface area contributed by atoms with Gasteiger partial charge in [-0.2, -0.15) is 0 Å². The second-order valence-electron chi connectivity index (χ2n) is 4.95. The molecule has 0 atom stereocenters. The van der Waals surface area contributed by atoms with Crippen molar-refractivity contribution in [1.29, 1.82) is 0 Å². The van der Waals surface area contributed by atoms with Gasteiger partial charge in [0.2, 0.25) is 5.76 Å². The van der Waals surface area contributed by atoms with E-state index in [1.807, 2.05) is 55.5 Å². The maximum absolute atomic E-state index is 11.7. The molecule has 0 aliphatic heterocycles. The number of rotatable bonds is 4. The van der Waals surface area contributed by atoms with Crippen molar-refractivity contribution in [3.05, 3.63) is 65.4 Å². The molecule has 0 saturated carbocycles. The van der Waals surface area contributed by atoms with Crippen molar-refractivity contribution in [2.45, 2.75) is 13.5 Å². The van der Waals surface area contributed by atoms with E-state index in [0.29, 0.717) is 17.9 Å². The molecule has 0 amide bonds. The molecule has 0 bridgehead atoms. The van der Waals surface area contributed by atoms with Gasteiger partial charge in [-0.05, 0) is 24.6 Å². The van der Waals surface area contributed by atoms with Crippen LogP contribution >= 0.6 is 0 Å². The van der Waals surface area contributed by atoms with Crippen LogP contribution in [0, 0.1) is 6.92 Å². The molecule has 4 nitrogen and oxygen atoms in total. The molecule has 0 fully saturated rings. The Morgan fingerprint density at radius 2 is 1.86 bits per heavy atom. The second-order valence-corrected chi connectivity index (χ2v) is 4.95. The predicted molar refractivity (Wildman–Crippen MR) is 83.1 cm³/mol. The quantitative estimate of drug-likeness (QED) is 0.680. The molecule has 112 valence electrons. The van der Waals surface area contributed by atoms with Gasteiger partial charge in [0, 0.05) is 5.56 Å². The van der Waals surface area contributed by atoms with Crippen molar-refractivity contribution in [3.8, 4) is 5.75 Å². The summed E-state index contributed by atoms with van der Waals surface area (Å²) in [5, 5.41) is 0.804. The molecule has 1 aromatic heterocycles. The summed E-state index contributed by atoms with van der Waals surface area (Å²) in [6.07, 6.45) is 0. The molecule has 0 N–H and O–H groups in total. The van der Waals surface area contributed by atoms with Crippen molar-refractivity contribution in [2.75, 3.05) is 7.11 Å². The van der Waals surface area contributed by atoms with Crippen LogP contribution in [-0.2, 0) is 11.3 Å². The standard InChI is InChI=1S/C18H16O4/c1-12-16-14(21-11-13-7-4-3-5-8-13)9-6-10-15(16)22-17(12)18(19)20-2/h3-10H,11H2,1-2H3. The van der Waals surface area contributed by atoms with Gasteiger partial charge < -0.3 is 13.9 Å². The Morgan fingerprint density at radius 1 is 1.09 bits per heavy atom. The van der Waals surface area contributed by atoms with Crippen LogP contribution in [0.4, 0.5) is 0 Å². The first-order valence-electron chi connectivity index (χ1n) is 6.98. The Hall–Kier alpha value is -2.75. The molecule has 3 aromatic rings. The first kappa shape index (κ1) is 14.2. The lowest BCUT2D eigenvalue weighted by Gasteiger charge is -2.07. The van der Waals surface area contributed by atoms with E-state index in [0.717, 1.165) is 16.5 Å². The number of ether oxygens (including phenoxy) is 2. The zero-order valence-electron chi connectivity index (χ0n) is 12.5. The normalized spacial score (nSPS) is 10.6. The predicted octanol–water partition coefficient (Wildman–Crippen LogP) is 4.11. The average Bonchev–Trinajstić information content (AvgIpc) is 2.91. The van der Waals surface area contributed by atoms with E-state index in [4.69, 9.17) is 13.9 Å². The van der Waals surface area contributed by atoms with E-state index < -0.39 is 5.97 Å². The monoisotopic (exact) mass is 296 g/mol. The molecule has 0 spiro atoms. The first-order valence-corrected chi connectivity index (χ1v) is 6.98. The Labute approximate surface area is 128 Å². The van der Waals surface area contributed by atoms with Crippen LogP contribution in [0.15, 0.2) is 52.9 Å². The molecule has 0 radical (unpaired) electrons. The van der Waals surface area contributed by atoms with Crippen LogP contribution in [0.2, 0.25) is 0 Å². The van der Waals surface area contributed by atoms with Gasteiger partial charge in [-0.3, -0.25) is 0 Å². The highest BCUT2D eigenvalue weighted by Crippen LogP contribution is 2.33. The van der Waals surface area contributed by atoms with Crippen LogP contribution in [-0.4, -0.2) is 13.1 Å². The summed E-state index contributed by atoms with van der Waals surface area (Å²) in [4.78, 5) is 11.7. The lowest BCUT2D eigenvalue weighted by molar-refractivity contribution is 0.0566. The molecule has 2 aromatic carbocycles. The zero-order chi connectivity index (χ0) is 15.5. The largest absolute Gasteiger partial charge is 0.488 e. The van der Waals surface area contributed by atoms with E-state index >= 15 is 0 Å². The average molecular weight is 296 g/mol. The summed E-state index contributed by atoms with van der Waals surface area (Å²) in [6.45, 7) is 2.28. The van der Waals surface area contributed by atoms with Gasteiger partial charge in [0.25, 0.3) is 0 Å². The smallest absolute Gasteiger partial charge is 0.374 e. The number of carbonyl (C=O) groups is 1. The minimum absolute atomic E-state index is 0.216. The Bertz CT molecular complexity index is 803. The molecule has 0 saturated heterocycles. The summed E-state index contributed by atoms with van der Waals surface area (Å²) in [6, 6.07) is 15.4. The number of fused-ring (bicyclic) bond motifs is 1. The maximum atomic E-state index is 11.7. The third-order valence-electron chi connectivity index (χ3n) is 3.52. The van der Waals surface area contributed by atoms with Crippen LogP contribution in [0.5, 0.6) is 5.75 Å². The topological polar surface area (TPSA) is 48.7 Å². The summed E-state index contributed by atoms with van der Waals surface area (Å²) in [7, 11) is 1.34. The number of methoxy groups -OCH3 is 1. The third kappa shape index (κ3) is 2.55. The highest BCUT2D eigenvalue weighted by atomic mass is 16.5. The molecule has 0 unspecified atom stereocenters. The highest BCUT2D eigenvalue weighted by Gasteiger charge is 2.20. The molecular formula is C18H16O4. The van der Waals surface area contributed by atoms with Crippen LogP contribution in [0.25, 0.3) is 11.0 Å². The number of hydrogen-bond donors (Lipinski definition) is 0. The lowest BCUT2D eigenvalue weighted by atomic mass is 10.1. The van der Waals surface area contributed by atoms with E-state index in [-0.39, 0.29) is 5.76 Å². The van der Waals surface area contributed by atoms with E-state index in [1.54, 1.807) is 0 Å². The SMILES string of the molecule is COC(=O)c1oc2cccc(OCc3ccccc3)c2c1C. The van der Waals surface area contributed by atoms with Crippen molar-refractivity contribution in [3.63, 3.8) is 0 Å². The number of hydrogen-bond acceptors (Lipinski definition) is 4. The lowest BCUT2D eigenvalue weighted by Crippen LogP contribution is -2.01. The number of furan rings is 1. The fourth-order valence-corrected chi connectivity index (χ4v) is 2.41. The van der Waals surface area contributed by atoms with E-state index in [9.17, 15) is 4.79 Å². The van der Waals surface area contributed by atoms with E-state index in [2.05, 4.69) is 0 Å². The van der Waals surface area contributed by atoms with Gasteiger partial charge in [0.1, 0.15) is 17.9 Å². The Kier molecular flexibility index (Phi) is 3.83. The molecule has 4 heteroatoms. The molecular weight excluding hydrogens is 280 g/mol. The van der Waals surface area contributed by atoms with Crippen molar-refractivity contribution in [1.82, 2.24) is 0 Å². The van der Waals surface area contributed by atoms with Gasteiger partial charge in [0.15, 0.2) is 0 Å². The summed E-state index contributed by atoms with van der Waals surface area (Å²) >= 11 is 0. The third-order valence-corrected chi connectivity index (χ3v) is 3.52. The molecule has 0 aliphatic rings. The highest BCUT2D eigenvalue weighted by molar-refractivity contribution is 5.98. The van der Waals surface area contributed by atoms with Gasteiger partial charge in [-0.15, -0.1) is 0 Å². The van der Waals surface area contributed by atoms with Crippen LogP contribution in [0.1, 0.15) is 21.7 Å². The maximum Gasteiger partial charge on any atom is 0.374 e. The molecule has 3 rings (SSSR count). The van der Waals surface area contributed by atoms with Crippen molar-refractivity contribution in [2.24, 2.45) is 0 Å². The van der Waals surface area contributed by atoms with Crippen molar-refractivity contribution < 1.29 is 18.7 Å². The molecule has 1 heterocycles. The zero-order valence-corrected chi connectivity index (χ0v) is 12.5. The van der Waals surface area contributed by atoms with Gasteiger partial charge in [-0.25, -0.2) is 4.79 Å². The Morgan fingerprint density at radius 3 is 2.59 bits per heavy atom. The second kappa shape index (κ2) is 5.93. The first-order chi connectivity index (χ1) is 10.7. The molecule has 22 heavy (non-hydrogen) atoms. The minimum atomic E-state index is -0.484. The minimum Gasteiger partial charge on any atom is -0.488 e. The number of esters is 1. The summed E-state index contributed by atoms with van der Waals surface area (Å²) in [5.41, 5.74) is 2.42. The van der Waals surface area contributed by atoms with Crippen LogP contribution < -0.4 is 4.74 Å². The Balaban J connectivity index is 1.96. The number of benzene rings is 2. The number of carbonyl (C=O) groups excluding carboxylic acids is 1. The molecule has 0 aliphatic carbocycles. The van der Waals surface area contributed by atoms with Gasteiger partial charge in [0.05, 0.1) is 12.5 Å². The van der Waals surface area contributed by atoms with Crippen molar-refractivity contribution >= 4 is 16.9 Å². The fraction of sp³-hybridized carbons (Fsp3) is 0.167. The fourth-order valence-electron chi connectivity index (χ4n) is 2.41. The number of aryl methyl sites for hydroxylation is 1.